The van der Waals surface area contributed by atoms with Gasteiger partial charge >= 0.3 is 0 Å². The van der Waals surface area contributed by atoms with Gasteiger partial charge in [-0.05, 0) is 11.4 Å². The molecule has 0 radical (unpaired) electrons. The van der Waals surface area contributed by atoms with Gasteiger partial charge in [0, 0.05) is 11.6 Å². The van der Waals surface area contributed by atoms with Crippen LogP contribution in [0.3, 0.4) is 0 Å². The van der Waals surface area contributed by atoms with Crippen molar-refractivity contribution in [2.75, 3.05) is 0 Å². The maximum Gasteiger partial charge on any atom is 0.154 e. The molecule has 0 saturated carbocycles. The van der Waals surface area contributed by atoms with Crippen molar-refractivity contribution in [1.29, 1.82) is 0 Å². The van der Waals surface area contributed by atoms with E-state index in [4.69, 9.17) is 0 Å². The lowest BCUT2D eigenvalue weighted by molar-refractivity contribution is 1.39. The number of thiophene rings is 1. The molecule has 13 heavy (non-hydrogen) atoms. The predicted molar refractivity (Wildman–Crippen MR) is 58.6 cm³/mol. The molecular weight excluding hydrogens is 220 g/mol. The first-order valence-electron chi connectivity index (χ1n) is 3.67. The van der Waals surface area contributed by atoms with E-state index < -0.39 is 0 Å². The Hall–Kier alpha value is -0.780. The zero-order chi connectivity index (χ0) is 8.67. The fourth-order valence-corrected chi connectivity index (χ4v) is 3.71. The summed E-state index contributed by atoms with van der Waals surface area (Å²) in [7, 11) is 0. The minimum atomic E-state index is 1.02. The van der Waals surface area contributed by atoms with E-state index in [0.717, 1.165) is 14.8 Å². The van der Waals surface area contributed by atoms with Crippen LogP contribution in [0.25, 0.3) is 19.5 Å². The van der Waals surface area contributed by atoms with Crippen LogP contribution in [0, 0.1) is 0 Å². The minimum absolute atomic E-state index is 1.02. The molecule has 3 aromatic heterocycles. The summed E-state index contributed by atoms with van der Waals surface area (Å²) < 4.78 is 1.26. The lowest BCUT2D eigenvalue weighted by Crippen LogP contribution is -1.69. The highest BCUT2D eigenvalue weighted by Gasteiger charge is 2.08. The largest absolute Gasteiger partial charge is 0.242 e. The van der Waals surface area contributed by atoms with Crippen LogP contribution in [-0.4, -0.2) is 9.97 Å². The molecule has 0 spiro atoms. The Balaban J connectivity index is 2.23. The van der Waals surface area contributed by atoms with Gasteiger partial charge in [-0.2, -0.15) is 0 Å². The van der Waals surface area contributed by atoms with Crippen LogP contribution >= 0.6 is 34.0 Å². The monoisotopic (exact) mass is 224 g/mol. The highest BCUT2D eigenvalue weighted by molar-refractivity contribution is 7.29. The second kappa shape index (κ2) is 2.87. The third-order valence-corrected chi connectivity index (χ3v) is 4.51. The van der Waals surface area contributed by atoms with Gasteiger partial charge in [-0.3, -0.25) is 0 Å². The van der Waals surface area contributed by atoms with Crippen molar-refractivity contribution in [3.63, 3.8) is 0 Å². The summed E-state index contributed by atoms with van der Waals surface area (Å²) in [5, 5.41) is 6.11. The number of fused-ring (bicyclic) bond motifs is 1. The van der Waals surface area contributed by atoms with Gasteiger partial charge in [-0.1, -0.05) is 0 Å². The summed E-state index contributed by atoms with van der Waals surface area (Å²) in [5.74, 6) is 0. The first kappa shape index (κ1) is 7.61. The van der Waals surface area contributed by atoms with Crippen LogP contribution in [0.5, 0.6) is 0 Å². The number of hydrogen-bond acceptors (Lipinski definition) is 5. The molecule has 64 valence electrons. The summed E-state index contributed by atoms with van der Waals surface area (Å²) in [6, 6.07) is 2.11. The number of hydrogen-bond donors (Lipinski definition) is 0. The molecule has 3 heterocycles. The maximum atomic E-state index is 4.50. The van der Waals surface area contributed by atoms with Crippen LogP contribution in [-0.2, 0) is 0 Å². The molecule has 0 aliphatic heterocycles. The van der Waals surface area contributed by atoms with Gasteiger partial charge in [0.15, 0.2) is 10.0 Å². The Bertz CT molecular complexity index is 492. The van der Waals surface area contributed by atoms with Gasteiger partial charge in [0.25, 0.3) is 0 Å². The van der Waals surface area contributed by atoms with E-state index in [1.807, 2.05) is 11.6 Å². The van der Waals surface area contributed by atoms with Gasteiger partial charge in [0.2, 0.25) is 0 Å². The SMILES string of the molecule is c1csc(-c2nc3sccc3s2)n1. The van der Waals surface area contributed by atoms with Crippen molar-refractivity contribution in [2.45, 2.75) is 0 Å². The molecule has 5 heteroatoms. The molecule has 0 saturated heterocycles. The molecule has 0 aliphatic rings. The van der Waals surface area contributed by atoms with E-state index in [0.29, 0.717) is 0 Å². The second-order valence-corrected chi connectivity index (χ2v) is 5.27. The van der Waals surface area contributed by atoms with E-state index in [1.54, 1.807) is 34.0 Å². The van der Waals surface area contributed by atoms with Crippen LogP contribution in [0.15, 0.2) is 23.0 Å². The number of nitrogens with zero attached hydrogens (tertiary/aromatic N) is 2. The summed E-state index contributed by atoms with van der Waals surface area (Å²) in [6.45, 7) is 0. The smallest absolute Gasteiger partial charge is 0.154 e. The van der Waals surface area contributed by atoms with Crippen LogP contribution in [0.2, 0.25) is 0 Å². The van der Waals surface area contributed by atoms with Crippen LogP contribution < -0.4 is 0 Å². The topological polar surface area (TPSA) is 25.8 Å². The Morgan fingerprint density at radius 1 is 1.08 bits per heavy atom. The molecule has 0 aliphatic carbocycles. The zero-order valence-electron chi connectivity index (χ0n) is 6.43. The highest BCUT2D eigenvalue weighted by atomic mass is 32.1. The molecule has 0 fully saturated rings. The van der Waals surface area contributed by atoms with Crippen molar-refractivity contribution in [3.8, 4) is 10.0 Å². The van der Waals surface area contributed by atoms with E-state index >= 15 is 0 Å². The third-order valence-electron chi connectivity index (χ3n) is 1.63. The zero-order valence-corrected chi connectivity index (χ0v) is 8.88. The average Bonchev–Trinajstić information content (AvgIpc) is 2.78. The fraction of sp³-hybridized carbons (Fsp3) is 0. The van der Waals surface area contributed by atoms with Crippen molar-refractivity contribution < 1.29 is 0 Å². The number of rotatable bonds is 1. The van der Waals surface area contributed by atoms with Crippen LogP contribution in [0.1, 0.15) is 0 Å². The lowest BCUT2D eigenvalue weighted by atomic mass is 10.6. The Kier molecular flexibility index (Phi) is 1.68. The number of aromatic nitrogens is 2. The predicted octanol–water partition coefficient (Wildman–Crippen LogP) is 3.48. The van der Waals surface area contributed by atoms with Crippen molar-refractivity contribution in [1.82, 2.24) is 9.97 Å². The summed E-state index contributed by atoms with van der Waals surface area (Å²) in [4.78, 5) is 9.85. The van der Waals surface area contributed by atoms with E-state index in [2.05, 4.69) is 21.4 Å². The van der Waals surface area contributed by atoms with Crippen molar-refractivity contribution >= 4 is 43.5 Å². The van der Waals surface area contributed by atoms with Gasteiger partial charge < -0.3 is 0 Å². The van der Waals surface area contributed by atoms with E-state index in [-0.39, 0.29) is 0 Å². The minimum Gasteiger partial charge on any atom is -0.242 e. The fourth-order valence-electron chi connectivity index (χ4n) is 1.09. The summed E-state index contributed by atoms with van der Waals surface area (Å²) in [5.41, 5.74) is 0. The molecule has 0 bridgehead atoms. The molecule has 0 aromatic carbocycles. The average molecular weight is 224 g/mol. The Labute approximate surface area is 86.5 Å². The molecule has 0 amide bonds. The van der Waals surface area contributed by atoms with Crippen LogP contribution in [0.4, 0.5) is 0 Å². The Morgan fingerprint density at radius 2 is 2.08 bits per heavy atom. The summed E-state index contributed by atoms with van der Waals surface area (Å²) in [6.07, 6.45) is 1.81. The molecular formula is C8H4N2S3. The van der Waals surface area contributed by atoms with E-state index in [9.17, 15) is 0 Å². The molecule has 0 atom stereocenters. The molecule has 3 rings (SSSR count). The maximum absolute atomic E-state index is 4.50. The van der Waals surface area contributed by atoms with Gasteiger partial charge in [-0.25, -0.2) is 9.97 Å². The van der Waals surface area contributed by atoms with Gasteiger partial charge in [0.05, 0.1) is 4.70 Å². The normalized spacial score (nSPS) is 11.1. The van der Waals surface area contributed by atoms with Crippen molar-refractivity contribution in [3.05, 3.63) is 23.0 Å². The second-order valence-electron chi connectivity index (χ2n) is 2.45. The lowest BCUT2D eigenvalue weighted by Gasteiger charge is -1.82. The van der Waals surface area contributed by atoms with Gasteiger partial charge in [0.1, 0.15) is 4.83 Å². The Morgan fingerprint density at radius 3 is 2.85 bits per heavy atom. The van der Waals surface area contributed by atoms with Gasteiger partial charge in [-0.15, -0.1) is 34.0 Å². The molecule has 2 nitrogen and oxygen atoms in total. The summed E-state index contributed by atoms with van der Waals surface area (Å²) >= 11 is 5.03. The third kappa shape index (κ3) is 1.20. The molecule has 3 aromatic rings. The molecule has 0 unspecified atom stereocenters. The molecule has 0 N–H and O–H groups in total. The van der Waals surface area contributed by atoms with Crippen molar-refractivity contribution in [2.24, 2.45) is 0 Å². The number of thiazole rings is 2. The first-order chi connectivity index (χ1) is 6.43. The van der Waals surface area contributed by atoms with E-state index in [1.165, 1.54) is 4.70 Å². The quantitative estimate of drug-likeness (QED) is 0.632. The standard InChI is InChI=1S/C8H4N2S3/c1-3-11-6-5(1)13-8(10-6)7-9-2-4-12-7/h1-4H. The first-order valence-corrected chi connectivity index (χ1v) is 6.25. The highest BCUT2D eigenvalue weighted by Crippen LogP contribution is 2.33.